The van der Waals surface area contributed by atoms with E-state index in [1.807, 2.05) is 13.8 Å². The molecule has 0 saturated carbocycles. The van der Waals surface area contributed by atoms with Gasteiger partial charge in [0.25, 0.3) is 6.43 Å². The van der Waals surface area contributed by atoms with Crippen molar-refractivity contribution in [3.63, 3.8) is 0 Å². The van der Waals surface area contributed by atoms with Gasteiger partial charge < -0.3 is 10.5 Å². The average Bonchev–Trinajstić information content (AvgIpc) is 2.93. The predicted molar refractivity (Wildman–Crippen MR) is 89.6 cm³/mol. The van der Waals surface area contributed by atoms with Gasteiger partial charge in [0.15, 0.2) is 12.4 Å². The standard InChI is InChI=1S/C15H16ClF2N5O2/c1-8(2)13-12(9-3-4-10(16)20-5-9)14(21-7-19)23(22-13)15(24)25-6-11(17)18/h3-5,7-8,11H,6H2,1-2H3,(H2,19,21). The van der Waals surface area contributed by atoms with Crippen LogP contribution in [0.25, 0.3) is 11.1 Å². The normalized spacial score (nSPS) is 11.6. The number of hydrogen-bond acceptors (Lipinski definition) is 5. The van der Waals surface area contributed by atoms with Crippen LogP contribution in [-0.4, -0.2) is 40.2 Å². The number of nitrogens with zero attached hydrogens (tertiary/aromatic N) is 4. The average molecular weight is 372 g/mol. The summed E-state index contributed by atoms with van der Waals surface area (Å²) in [6.45, 7) is 2.68. The third-order valence-corrected chi connectivity index (χ3v) is 3.38. The first-order valence-corrected chi connectivity index (χ1v) is 7.67. The van der Waals surface area contributed by atoms with Crippen LogP contribution in [0.1, 0.15) is 25.5 Å². The van der Waals surface area contributed by atoms with E-state index >= 15 is 0 Å². The zero-order valence-electron chi connectivity index (χ0n) is 13.5. The van der Waals surface area contributed by atoms with E-state index in [1.165, 1.54) is 6.20 Å². The lowest BCUT2D eigenvalue weighted by Gasteiger charge is -2.06. The van der Waals surface area contributed by atoms with Crippen LogP contribution >= 0.6 is 11.6 Å². The fourth-order valence-electron chi connectivity index (χ4n) is 2.14. The summed E-state index contributed by atoms with van der Waals surface area (Å²) in [5.74, 6) is -0.0314. The molecule has 0 unspecified atom stereocenters. The highest BCUT2D eigenvalue weighted by Gasteiger charge is 2.25. The van der Waals surface area contributed by atoms with Crippen LogP contribution in [-0.2, 0) is 4.74 Å². The largest absolute Gasteiger partial charge is 0.442 e. The summed E-state index contributed by atoms with van der Waals surface area (Å²) in [4.78, 5) is 20.1. The lowest BCUT2D eigenvalue weighted by atomic mass is 10.0. The third-order valence-electron chi connectivity index (χ3n) is 3.15. The summed E-state index contributed by atoms with van der Waals surface area (Å²) in [5.41, 5.74) is 6.97. The Hall–Kier alpha value is -2.55. The van der Waals surface area contributed by atoms with Gasteiger partial charge in [0.1, 0.15) is 5.15 Å². The molecule has 0 atom stereocenters. The minimum Gasteiger partial charge on any atom is -0.442 e. The zero-order chi connectivity index (χ0) is 18.6. The fourth-order valence-corrected chi connectivity index (χ4v) is 2.25. The Morgan fingerprint density at radius 3 is 2.72 bits per heavy atom. The van der Waals surface area contributed by atoms with Crippen LogP contribution in [0, 0.1) is 0 Å². The van der Waals surface area contributed by atoms with E-state index in [4.69, 9.17) is 17.3 Å². The van der Waals surface area contributed by atoms with Crippen molar-refractivity contribution in [1.82, 2.24) is 14.8 Å². The number of alkyl halides is 2. The van der Waals surface area contributed by atoms with Crippen LogP contribution < -0.4 is 5.73 Å². The molecule has 0 aromatic carbocycles. The van der Waals surface area contributed by atoms with E-state index in [0.717, 1.165) is 11.0 Å². The molecule has 2 aromatic heterocycles. The van der Waals surface area contributed by atoms with Crippen molar-refractivity contribution in [1.29, 1.82) is 0 Å². The Balaban J connectivity index is 2.60. The molecule has 0 aliphatic heterocycles. The minimum atomic E-state index is -2.79. The van der Waals surface area contributed by atoms with Gasteiger partial charge in [-0.3, -0.25) is 0 Å². The summed E-state index contributed by atoms with van der Waals surface area (Å²) in [6, 6.07) is 3.26. The first-order chi connectivity index (χ1) is 11.8. The molecule has 2 aromatic rings. The first-order valence-electron chi connectivity index (χ1n) is 7.29. The van der Waals surface area contributed by atoms with E-state index in [9.17, 15) is 13.6 Å². The van der Waals surface area contributed by atoms with E-state index < -0.39 is 19.1 Å². The molecule has 25 heavy (non-hydrogen) atoms. The lowest BCUT2D eigenvalue weighted by Crippen LogP contribution is -2.19. The van der Waals surface area contributed by atoms with Gasteiger partial charge in [0, 0.05) is 11.8 Å². The Morgan fingerprint density at radius 1 is 1.48 bits per heavy atom. The molecule has 7 nitrogen and oxygen atoms in total. The number of pyridine rings is 1. The maximum absolute atomic E-state index is 12.3. The number of aliphatic imine (C=N–C) groups is 1. The molecule has 0 radical (unpaired) electrons. The summed E-state index contributed by atoms with van der Waals surface area (Å²) in [5, 5.41) is 4.47. The highest BCUT2D eigenvalue weighted by Crippen LogP contribution is 2.37. The van der Waals surface area contributed by atoms with Gasteiger partial charge in [-0.1, -0.05) is 25.4 Å². The lowest BCUT2D eigenvalue weighted by molar-refractivity contribution is 0.0484. The van der Waals surface area contributed by atoms with Crippen LogP contribution in [0.2, 0.25) is 5.15 Å². The molecular weight excluding hydrogens is 356 g/mol. The van der Waals surface area contributed by atoms with E-state index in [0.29, 0.717) is 22.0 Å². The van der Waals surface area contributed by atoms with Crippen molar-refractivity contribution < 1.29 is 18.3 Å². The van der Waals surface area contributed by atoms with Crippen LogP contribution in [0.15, 0.2) is 23.3 Å². The Bertz CT molecular complexity index is 775. The first kappa shape index (κ1) is 18.8. The topological polar surface area (TPSA) is 95.4 Å². The number of carbonyl (C=O) groups is 1. The van der Waals surface area contributed by atoms with Gasteiger partial charge >= 0.3 is 6.09 Å². The summed E-state index contributed by atoms with van der Waals surface area (Å²) in [7, 11) is 0. The number of ether oxygens (including phenoxy) is 1. The van der Waals surface area contributed by atoms with Crippen LogP contribution in [0.3, 0.4) is 0 Å². The summed E-state index contributed by atoms with van der Waals surface area (Å²) in [6.07, 6.45) is -1.39. The van der Waals surface area contributed by atoms with Crippen LogP contribution in [0.4, 0.5) is 19.4 Å². The molecule has 2 N–H and O–H groups in total. The number of hydrogen-bond donors (Lipinski definition) is 1. The quantitative estimate of drug-likeness (QED) is 0.492. The minimum absolute atomic E-state index is 0.0644. The molecule has 2 heterocycles. The van der Waals surface area contributed by atoms with E-state index in [2.05, 4.69) is 19.8 Å². The molecule has 0 aliphatic carbocycles. The maximum Gasteiger partial charge on any atom is 0.436 e. The molecule has 134 valence electrons. The molecule has 0 aliphatic rings. The van der Waals surface area contributed by atoms with Crippen molar-refractivity contribution in [2.75, 3.05) is 6.61 Å². The monoisotopic (exact) mass is 371 g/mol. The number of carbonyl (C=O) groups excluding carboxylic acids is 1. The number of nitrogens with two attached hydrogens (primary N) is 1. The SMILES string of the molecule is CC(C)c1nn(C(=O)OCC(F)F)c(/N=C\N)c1-c1ccc(Cl)nc1. The molecular formula is C15H16ClF2N5O2. The highest BCUT2D eigenvalue weighted by atomic mass is 35.5. The molecule has 0 bridgehead atoms. The Morgan fingerprint density at radius 2 is 2.20 bits per heavy atom. The number of halogens is 3. The fraction of sp³-hybridized carbons (Fsp3) is 0.333. The number of rotatable bonds is 5. The molecule has 2 rings (SSSR count). The van der Waals surface area contributed by atoms with Gasteiger partial charge in [-0.15, -0.1) is 4.68 Å². The second kappa shape index (κ2) is 8.02. The molecule has 10 heteroatoms. The summed E-state index contributed by atoms with van der Waals surface area (Å²) >= 11 is 5.80. The van der Waals surface area contributed by atoms with Gasteiger partial charge in [-0.05, 0) is 18.1 Å². The highest BCUT2D eigenvalue weighted by molar-refractivity contribution is 6.29. The maximum atomic E-state index is 12.3. The molecule has 0 amide bonds. The van der Waals surface area contributed by atoms with Gasteiger partial charge in [0.05, 0.1) is 17.6 Å². The van der Waals surface area contributed by atoms with Crippen LogP contribution in [0.5, 0.6) is 0 Å². The van der Waals surface area contributed by atoms with Gasteiger partial charge in [0.2, 0.25) is 0 Å². The Labute approximate surface area is 147 Å². The molecule has 0 fully saturated rings. The molecule has 0 saturated heterocycles. The van der Waals surface area contributed by atoms with Crippen molar-refractivity contribution in [3.05, 3.63) is 29.2 Å². The van der Waals surface area contributed by atoms with Crippen molar-refractivity contribution in [3.8, 4) is 11.1 Å². The van der Waals surface area contributed by atoms with E-state index in [-0.39, 0.29) is 11.7 Å². The zero-order valence-corrected chi connectivity index (χ0v) is 14.2. The van der Waals surface area contributed by atoms with Gasteiger partial charge in [-0.25, -0.2) is 23.6 Å². The van der Waals surface area contributed by atoms with Crippen molar-refractivity contribution in [2.45, 2.75) is 26.2 Å². The second-order valence-electron chi connectivity index (χ2n) is 5.27. The second-order valence-corrected chi connectivity index (χ2v) is 5.65. The van der Waals surface area contributed by atoms with E-state index in [1.54, 1.807) is 12.1 Å². The predicted octanol–water partition coefficient (Wildman–Crippen LogP) is 3.59. The smallest absolute Gasteiger partial charge is 0.436 e. The van der Waals surface area contributed by atoms with Gasteiger partial charge in [-0.2, -0.15) is 5.10 Å². The van der Waals surface area contributed by atoms with Crippen molar-refractivity contribution >= 4 is 29.9 Å². The number of aromatic nitrogens is 3. The summed E-state index contributed by atoms with van der Waals surface area (Å²) < 4.78 is 29.9. The third kappa shape index (κ3) is 4.30. The Kier molecular flexibility index (Phi) is 6.02. The van der Waals surface area contributed by atoms with Crippen molar-refractivity contribution in [2.24, 2.45) is 10.7 Å². The molecule has 0 spiro atoms.